The van der Waals surface area contributed by atoms with Crippen LogP contribution in [-0.4, -0.2) is 181 Å². The first kappa shape index (κ1) is 111. The zero-order valence-corrected chi connectivity index (χ0v) is 82.0. The molecule has 8 atom stereocenters. The van der Waals surface area contributed by atoms with Crippen LogP contribution in [0.5, 0.6) is 46.0 Å². The molecule has 0 aliphatic heterocycles. The summed E-state index contributed by atoms with van der Waals surface area (Å²) in [5, 5.41) is -3.78. The number of hydrogen-bond donors (Lipinski definition) is 0. The van der Waals surface area contributed by atoms with Crippen molar-refractivity contribution in [3.63, 3.8) is 0 Å². The number of methoxy groups -OCH3 is 12. The van der Waals surface area contributed by atoms with Crippen LogP contribution in [0.3, 0.4) is 0 Å². The Hall–Kier alpha value is -11.4. The number of esters is 4. The van der Waals surface area contributed by atoms with Crippen molar-refractivity contribution in [2.75, 3.05) is 85.3 Å². The van der Waals surface area contributed by atoms with Gasteiger partial charge in [-0.1, -0.05) is 149 Å². The Morgan fingerprint density at radius 3 is 0.439 bits per heavy atom. The Balaban J connectivity index is 0.000000311. The fourth-order valence-electron chi connectivity index (χ4n) is 14.2. The van der Waals surface area contributed by atoms with Crippen molar-refractivity contribution in [3.8, 4) is 46.0 Å². The van der Waals surface area contributed by atoms with E-state index in [0.717, 1.165) is 44.5 Å². The minimum absolute atomic E-state index is 0.150. The predicted molar refractivity (Wildman–Crippen MR) is 514 cm³/mol. The highest BCUT2D eigenvalue weighted by atomic mass is 32.2. The van der Waals surface area contributed by atoms with Crippen LogP contribution in [0.25, 0.3) is 0 Å². The zero-order valence-electron chi connectivity index (χ0n) is 78.8. The molecule has 0 spiro atoms. The maximum Gasteiger partial charge on any atom is 0.306 e. The molecule has 28 nitrogen and oxygen atoms in total. The molecule has 32 heteroatoms. The number of ether oxygens (including phenoxy) is 12. The molecular formula is C100H132N4O24S4. The lowest BCUT2D eigenvalue weighted by atomic mass is 10.0. The van der Waals surface area contributed by atoms with E-state index in [2.05, 4.69) is 26.3 Å². The number of hydrogen-bond acceptors (Lipinski definition) is 24. The highest BCUT2D eigenvalue weighted by Gasteiger charge is 2.42. The maximum absolute atomic E-state index is 13.9. The van der Waals surface area contributed by atoms with Gasteiger partial charge in [0.1, 0.15) is 46.0 Å². The monoisotopic (exact) mass is 1900 g/mol. The van der Waals surface area contributed by atoms with E-state index in [9.17, 15) is 52.8 Å². The minimum atomic E-state index is -3.90. The van der Waals surface area contributed by atoms with Crippen LogP contribution < -0.4 is 37.9 Å². The van der Waals surface area contributed by atoms with E-state index in [1.54, 1.807) is 178 Å². The zero-order chi connectivity index (χ0) is 97.7. The van der Waals surface area contributed by atoms with Crippen molar-refractivity contribution in [1.82, 2.24) is 17.2 Å². The first-order chi connectivity index (χ1) is 63.0. The Morgan fingerprint density at radius 2 is 0.348 bits per heavy atom. The van der Waals surface area contributed by atoms with Crippen LogP contribution in [-0.2, 0) is 131 Å². The van der Waals surface area contributed by atoms with Crippen LogP contribution in [0.15, 0.2) is 245 Å². The van der Waals surface area contributed by atoms with E-state index in [0.29, 0.717) is 71.7 Å². The van der Waals surface area contributed by atoms with Gasteiger partial charge in [0.25, 0.3) is 0 Å². The molecule has 0 aliphatic rings. The summed E-state index contributed by atoms with van der Waals surface area (Å²) in [5.74, 6) is 1.97. The molecule has 0 saturated carbocycles. The summed E-state index contributed by atoms with van der Waals surface area (Å²) in [6, 6.07) is 58.0. The smallest absolute Gasteiger partial charge is 0.306 e. The summed E-state index contributed by atoms with van der Waals surface area (Å²) in [6.07, 6.45) is 7.60. The Morgan fingerprint density at radius 1 is 0.235 bits per heavy atom. The second-order valence-corrected chi connectivity index (χ2v) is 39.9. The van der Waals surface area contributed by atoms with Crippen molar-refractivity contribution in [2.24, 2.45) is 23.7 Å². The third kappa shape index (κ3) is 35.0. The number of sulfonamides is 4. The second-order valence-electron chi connectivity index (χ2n) is 31.3. The lowest BCUT2D eigenvalue weighted by molar-refractivity contribution is -0.141. The van der Waals surface area contributed by atoms with E-state index in [1.807, 2.05) is 125 Å². The molecule has 8 aromatic carbocycles. The molecule has 132 heavy (non-hydrogen) atoms. The number of nitrogens with zero attached hydrogens (tertiary/aromatic N) is 4. The summed E-state index contributed by atoms with van der Waals surface area (Å²) in [5.41, 5.74) is 6.45. The van der Waals surface area contributed by atoms with Crippen LogP contribution >= 0.6 is 0 Å². The molecule has 0 aromatic heterocycles. The molecule has 720 valence electrons. The predicted octanol–water partition coefficient (Wildman–Crippen LogP) is 16.7. The highest BCUT2D eigenvalue weighted by Crippen LogP contribution is 2.35. The van der Waals surface area contributed by atoms with Crippen LogP contribution in [0.2, 0.25) is 0 Å². The molecule has 0 fully saturated rings. The van der Waals surface area contributed by atoms with E-state index in [1.165, 1.54) is 45.7 Å². The SMILES string of the molecule is C=CC[C@@H](C)C(CC(=O)OC)S(=O)(=O)N(Cc1ccc(OC)cc1)Cc1ccc(OC)cc1.C=CC[C@@H](C)C(CC(=O)OC)S(=O)(=O)N(Cc1ccc(OC)cc1)Cc1ccc(OC)cc1.C=CC[C@H](C)C(CC(=O)OC)S(=O)(=O)N(Cc1ccc(OC)cc1)Cc1ccc(OC)cc1.C=CC[C@H](C)C(CC(=O)OC)S(=O)(=O)N(Cc1ccc(OC)cc1)Cc1ccc(OC)cc1. The second kappa shape index (κ2) is 56.5. The summed E-state index contributed by atoms with van der Waals surface area (Å²) in [7, 11) is 2.08. The van der Waals surface area contributed by atoms with Crippen molar-refractivity contribution in [3.05, 3.63) is 289 Å². The molecule has 0 bridgehead atoms. The van der Waals surface area contributed by atoms with Gasteiger partial charge in [-0.2, -0.15) is 17.2 Å². The Labute approximate surface area is 782 Å². The van der Waals surface area contributed by atoms with Gasteiger partial charge in [-0.15, -0.1) is 26.3 Å². The Kier molecular flexibility index (Phi) is 47.6. The Bertz CT molecular complexity index is 4480. The fraction of sp³-hybridized carbons (Fsp3) is 0.400. The lowest BCUT2D eigenvalue weighted by Gasteiger charge is -2.30. The van der Waals surface area contributed by atoms with Crippen molar-refractivity contribution in [1.29, 1.82) is 0 Å². The molecular weight excluding hydrogens is 1770 g/mol. The standard InChI is InChI=1S/4C25H33NO6S/c4*1-6-7-19(2)24(16-25(27)32-5)33(28,29)26(17-20-8-12-22(30-3)13-9-20)18-21-10-14-23(31-4)15-11-21/h4*6,8-15,19,24H,1,7,16-18H2,2-5H3/t4*19-,24?/m1100/s1. The fourth-order valence-corrected chi connectivity index (χ4v) is 22.6. The van der Waals surface area contributed by atoms with E-state index < -0.39 is 85.0 Å². The third-order valence-corrected chi connectivity index (χ3v) is 31.7. The molecule has 8 rings (SSSR count). The number of rotatable bonds is 52. The summed E-state index contributed by atoms with van der Waals surface area (Å²) in [6.45, 7) is 23.4. The summed E-state index contributed by atoms with van der Waals surface area (Å²) < 4.78 is 178. The topological polar surface area (TPSA) is 329 Å². The van der Waals surface area contributed by atoms with E-state index in [4.69, 9.17) is 56.8 Å². The van der Waals surface area contributed by atoms with Crippen LogP contribution in [0, 0.1) is 23.7 Å². The van der Waals surface area contributed by atoms with Gasteiger partial charge in [0.15, 0.2) is 0 Å². The van der Waals surface area contributed by atoms with Crippen LogP contribution in [0.1, 0.15) is 124 Å². The number of carbonyl (C=O) groups is 4. The normalized spacial score (nSPS) is 13.2. The van der Waals surface area contributed by atoms with Gasteiger partial charge in [-0.3, -0.25) is 19.2 Å². The average molecular weight is 1900 g/mol. The molecule has 0 saturated heterocycles. The quantitative estimate of drug-likeness (QED) is 0.0194. The number of benzene rings is 8. The van der Waals surface area contributed by atoms with Gasteiger partial charge in [0, 0.05) is 52.4 Å². The van der Waals surface area contributed by atoms with Gasteiger partial charge in [0.05, 0.1) is 132 Å². The van der Waals surface area contributed by atoms with E-state index >= 15 is 0 Å². The minimum Gasteiger partial charge on any atom is -0.497 e. The number of allylic oxidation sites excluding steroid dienone is 4. The highest BCUT2D eigenvalue weighted by molar-refractivity contribution is 7.90. The van der Waals surface area contributed by atoms with E-state index in [-0.39, 0.29) is 102 Å². The van der Waals surface area contributed by atoms with Crippen molar-refractivity contribution >= 4 is 64.0 Å². The molecule has 8 aromatic rings. The molecule has 0 amide bonds. The lowest BCUT2D eigenvalue weighted by Crippen LogP contribution is -2.42. The van der Waals surface area contributed by atoms with Crippen molar-refractivity contribution < 1.29 is 110 Å². The third-order valence-electron chi connectivity index (χ3n) is 22.2. The van der Waals surface area contributed by atoms with Gasteiger partial charge in [0.2, 0.25) is 40.1 Å². The largest absolute Gasteiger partial charge is 0.497 e. The molecule has 0 aliphatic carbocycles. The maximum atomic E-state index is 13.9. The summed E-state index contributed by atoms with van der Waals surface area (Å²) >= 11 is 0. The van der Waals surface area contributed by atoms with Gasteiger partial charge in [-0.25, -0.2) is 33.7 Å². The van der Waals surface area contributed by atoms with Gasteiger partial charge >= 0.3 is 23.9 Å². The van der Waals surface area contributed by atoms with Gasteiger partial charge in [-0.05, 0) is 191 Å². The first-order valence-corrected chi connectivity index (χ1v) is 48.7. The molecule has 0 radical (unpaired) electrons. The van der Waals surface area contributed by atoms with Crippen LogP contribution in [0.4, 0.5) is 0 Å². The van der Waals surface area contributed by atoms with Crippen molar-refractivity contribution in [2.45, 2.75) is 152 Å². The first-order valence-electron chi connectivity index (χ1n) is 42.7. The average Bonchev–Trinajstić information content (AvgIpc) is 0.808. The van der Waals surface area contributed by atoms with Gasteiger partial charge < -0.3 is 56.8 Å². The molecule has 0 N–H and O–H groups in total. The molecule has 4 unspecified atom stereocenters. The molecule has 0 heterocycles. The summed E-state index contributed by atoms with van der Waals surface area (Å²) in [4.78, 5) is 48.4. The number of carbonyl (C=O) groups excluding carboxylic acids is 4.